The van der Waals surface area contributed by atoms with Crippen molar-refractivity contribution in [2.45, 2.75) is 57.2 Å². The summed E-state index contributed by atoms with van der Waals surface area (Å²) in [5.41, 5.74) is 3.36. The Labute approximate surface area is 194 Å². The summed E-state index contributed by atoms with van der Waals surface area (Å²) >= 11 is 0. The molecule has 33 heavy (non-hydrogen) atoms. The Bertz CT molecular complexity index is 1130. The number of nitrogens with zero attached hydrogens (tertiary/aromatic N) is 2. The maximum Gasteiger partial charge on any atom is 0.239 e. The highest BCUT2D eigenvalue weighted by molar-refractivity contribution is 5.90. The number of aromatic nitrogens is 1. The minimum absolute atomic E-state index is 0.0409. The van der Waals surface area contributed by atoms with Crippen LogP contribution in [0.25, 0.3) is 11.0 Å². The summed E-state index contributed by atoms with van der Waals surface area (Å²) in [5.74, 6) is 0.559. The van der Waals surface area contributed by atoms with Crippen LogP contribution in [0.4, 0.5) is 5.82 Å². The molecule has 2 aromatic carbocycles. The number of aliphatic hydroxyl groups is 1. The molecule has 2 heterocycles. The number of benzene rings is 2. The molecular formula is C26H32N4O3. The van der Waals surface area contributed by atoms with Crippen LogP contribution in [0.3, 0.4) is 0 Å². The van der Waals surface area contributed by atoms with Crippen LogP contribution in [0.1, 0.15) is 42.4 Å². The van der Waals surface area contributed by atoms with Crippen LogP contribution in [0.5, 0.6) is 0 Å². The number of amides is 1. The maximum atomic E-state index is 12.4. The SMILES string of the molecule is Cc1ccc(C2(O)CCC(N3CC(NC(=O)CNc4noc5ccc(C)cc45)C3)CC2)cc1. The molecule has 0 bridgehead atoms. The molecule has 7 heteroatoms. The van der Waals surface area contributed by atoms with Crippen molar-refractivity contribution >= 4 is 22.7 Å². The van der Waals surface area contributed by atoms with Gasteiger partial charge in [0.2, 0.25) is 5.91 Å². The Morgan fingerprint density at radius 2 is 1.82 bits per heavy atom. The van der Waals surface area contributed by atoms with E-state index in [2.05, 4.69) is 51.9 Å². The van der Waals surface area contributed by atoms with Crippen LogP contribution in [0.15, 0.2) is 47.0 Å². The van der Waals surface area contributed by atoms with Crippen molar-refractivity contribution in [3.8, 4) is 0 Å². The first-order valence-corrected chi connectivity index (χ1v) is 11.8. The summed E-state index contributed by atoms with van der Waals surface area (Å²) in [6.07, 6.45) is 3.52. The van der Waals surface area contributed by atoms with E-state index in [1.807, 2.05) is 25.1 Å². The zero-order valence-corrected chi connectivity index (χ0v) is 19.3. The molecule has 2 fully saturated rings. The van der Waals surface area contributed by atoms with Crippen LogP contribution in [-0.2, 0) is 10.4 Å². The molecule has 1 saturated heterocycles. The van der Waals surface area contributed by atoms with Crippen molar-refractivity contribution in [3.63, 3.8) is 0 Å². The number of aryl methyl sites for hydroxylation is 2. The van der Waals surface area contributed by atoms with Gasteiger partial charge in [-0.2, -0.15) is 0 Å². The second kappa shape index (κ2) is 8.80. The van der Waals surface area contributed by atoms with Crippen molar-refractivity contribution in [2.75, 3.05) is 25.0 Å². The second-order valence-corrected chi connectivity index (χ2v) is 9.73. The number of hydrogen-bond acceptors (Lipinski definition) is 6. The number of carbonyl (C=O) groups is 1. The first-order valence-electron chi connectivity index (χ1n) is 11.8. The molecule has 1 aliphatic heterocycles. The van der Waals surface area contributed by atoms with Gasteiger partial charge in [0, 0.05) is 19.1 Å². The van der Waals surface area contributed by atoms with E-state index < -0.39 is 5.60 Å². The lowest BCUT2D eigenvalue weighted by Crippen LogP contribution is -2.63. The largest absolute Gasteiger partial charge is 0.385 e. The second-order valence-electron chi connectivity index (χ2n) is 9.73. The predicted octanol–water partition coefficient (Wildman–Crippen LogP) is 3.49. The smallest absolute Gasteiger partial charge is 0.239 e. The van der Waals surface area contributed by atoms with Gasteiger partial charge in [-0.25, -0.2) is 0 Å². The lowest BCUT2D eigenvalue weighted by molar-refractivity contribution is -0.121. The summed E-state index contributed by atoms with van der Waals surface area (Å²) < 4.78 is 5.31. The monoisotopic (exact) mass is 448 g/mol. The molecule has 0 atom stereocenters. The number of hydrogen-bond donors (Lipinski definition) is 3. The average Bonchev–Trinajstić information content (AvgIpc) is 3.18. The Hall–Kier alpha value is -2.90. The molecule has 1 saturated carbocycles. The normalized spacial score (nSPS) is 23.9. The summed E-state index contributed by atoms with van der Waals surface area (Å²) in [6, 6.07) is 14.8. The summed E-state index contributed by atoms with van der Waals surface area (Å²) in [6.45, 7) is 5.98. The molecule has 0 radical (unpaired) electrons. The molecule has 2 aliphatic rings. The van der Waals surface area contributed by atoms with Crippen molar-refractivity contribution in [2.24, 2.45) is 0 Å². The van der Waals surface area contributed by atoms with Crippen LogP contribution in [-0.4, -0.2) is 52.8 Å². The first-order chi connectivity index (χ1) is 15.9. The Morgan fingerprint density at radius 3 is 2.55 bits per heavy atom. The molecule has 3 aromatic rings. The zero-order valence-electron chi connectivity index (χ0n) is 19.3. The van der Waals surface area contributed by atoms with Gasteiger partial charge >= 0.3 is 0 Å². The minimum Gasteiger partial charge on any atom is -0.385 e. The van der Waals surface area contributed by atoms with Gasteiger partial charge < -0.3 is 20.3 Å². The van der Waals surface area contributed by atoms with Crippen molar-refractivity contribution in [3.05, 3.63) is 59.2 Å². The molecule has 5 rings (SSSR count). The molecule has 1 amide bonds. The predicted molar refractivity (Wildman–Crippen MR) is 128 cm³/mol. The third-order valence-corrected chi connectivity index (χ3v) is 7.20. The van der Waals surface area contributed by atoms with Gasteiger partial charge in [-0.3, -0.25) is 9.69 Å². The Balaban J connectivity index is 1.06. The highest BCUT2D eigenvalue weighted by atomic mass is 16.5. The Morgan fingerprint density at radius 1 is 1.12 bits per heavy atom. The number of fused-ring (bicyclic) bond motifs is 1. The number of nitrogens with one attached hydrogen (secondary N) is 2. The van der Waals surface area contributed by atoms with Crippen LogP contribution in [0, 0.1) is 13.8 Å². The van der Waals surface area contributed by atoms with Crippen LogP contribution in [0.2, 0.25) is 0 Å². The van der Waals surface area contributed by atoms with Gasteiger partial charge in [0.05, 0.1) is 23.6 Å². The Kier molecular flexibility index (Phi) is 5.85. The average molecular weight is 449 g/mol. The molecular weight excluding hydrogens is 416 g/mol. The quantitative estimate of drug-likeness (QED) is 0.535. The molecule has 0 unspecified atom stereocenters. The van der Waals surface area contributed by atoms with Crippen LogP contribution >= 0.6 is 0 Å². The van der Waals surface area contributed by atoms with Crippen molar-refractivity contribution < 1.29 is 14.4 Å². The van der Waals surface area contributed by atoms with Crippen LogP contribution < -0.4 is 10.6 Å². The molecule has 0 spiro atoms. The fourth-order valence-electron chi connectivity index (χ4n) is 5.12. The van der Waals surface area contributed by atoms with Gasteiger partial charge in [0.15, 0.2) is 11.4 Å². The van der Waals surface area contributed by atoms with Gasteiger partial charge in [-0.1, -0.05) is 46.6 Å². The fourth-order valence-corrected chi connectivity index (χ4v) is 5.12. The summed E-state index contributed by atoms with van der Waals surface area (Å²) in [4.78, 5) is 14.8. The molecule has 1 aliphatic carbocycles. The first kappa shape index (κ1) is 21.9. The topological polar surface area (TPSA) is 90.6 Å². The number of carbonyl (C=O) groups excluding carboxylic acids is 1. The summed E-state index contributed by atoms with van der Waals surface area (Å²) in [7, 11) is 0. The highest BCUT2D eigenvalue weighted by Gasteiger charge is 2.40. The van der Waals surface area contributed by atoms with E-state index in [1.165, 1.54) is 5.56 Å². The molecule has 174 valence electrons. The third-order valence-electron chi connectivity index (χ3n) is 7.20. The van der Waals surface area contributed by atoms with Gasteiger partial charge in [-0.15, -0.1) is 0 Å². The van der Waals surface area contributed by atoms with E-state index >= 15 is 0 Å². The van der Waals surface area contributed by atoms with E-state index in [9.17, 15) is 9.90 Å². The van der Waals surface area contributed by atoms with Gasteiger partial charge in [0.25, 0.3) is 0 Å². The van der Waals surface area contributed by atoms with E-state index in [-0.39, 0.29) is 18.5 Å². The van der Waals surface area contributed by atoms with Gasteiger partial charge in [-0.05, 0) is 57.2 Å². The van der Waals surface area contributed by atoms with E-state index in [4.69, 9.17) is 4.52 Å². The highest BCUT2D eigenvalue weighted by Crippen LogP contribution is 2.39. The number of rotatable bonds is 6. The summed E-state index contributed by atoms with van der Waals surface area (Å²) in [5, 5.41) is 22.2. The minimum atomic E-state index is -0.710. The lowest BCUT2D eigenvalue weighted by atomic mass is 9.76. The molecule has 7 nitrogen and oxygen atoms in total. The number of anilines is 1. The van der Waals surface area contributed by atoms with E-state index in [1.54, 1.807) is 0 Å². The fraction of sp³-hybridized carbons (Fsp3) is 0.462. The standard InChI is InChI=1S/C26H32N4O3/c1-17-3-6-19(7-4-17)26(32)11-9-21(10-12-26)30-15-20(16-30)28-24(31)14-27-25-22-13-18(2)5-8-23(22)33-29-25/h3-8,13,20-21,32H,9-12,14-16H2,1-2H3,(H,27,29)(H,28,31). The maximum absolute atomic E-state index is 12.4. The van der Waals surface area contributed by atoms with E-state index in [0.717, 1.165) is 55.3 Å². The number of likely N-dealkylation sites (tertiary alicyclic amines) is 1. The zero-order chi connectivity index (χ0) is 23.0. The molecule has 1 aromatic heterocycles. The third kappa shape index (κ3) is 4.61. The van der Waals surface area contributed by atoms with Gasteiger partial charge in [0.1, 0.15) is 0 Å². The lowest BCUT2D eigenvalue weighted by Gasteiger charge is -2.48. The van der Waals surface area contributed by atoms with Crippen molar-refractivity contribution in [1.82, 2.24) is 15.4 Å². The van der Waals surface area contributed by atoms with E-state index in [0.29, 0.717) is 17.4 Å². The van der Waals surface area contributed by atoms with Crippen molar-refractivity contribution in [1.29, 1.82) is 0 Å². The molecule has 3 N–H and O–H groups in total.